The summed E-state index contributed by atoms with van der Waals surface area (Å²) < 4.78 is 10.8. The number of aromatic nitrogens is 3. The third-order valence-electron chi connectivity index (χ3n) is 4.94. The number of rotatable bonds is 5. The molecule has 2 aliphatic rings. The fourth-order valence-electron chi connectivity index (χ4n) is 3.48. The predicted molar refractivity (Wildman–Crippen MR) is 105 cm³/mol. The number of ether oxygens (including phenoxy) is 2. The smallest absolute Gasteiger partial charge is 0.270 e. The second kappa shape index (κ2) is 7.38. The number of pyridine rings is 1. The van der Waals surface area contributed by atoms with Crippen molar-refractivity contribution in [3.8, 4) is 11.5 Å². The Labute approximate surface area is 167 Å². The molecule has 0 radical (unpaired) electrons. The highest BCUT2D eigenvalue weighted by Gasteiger charge is 2.24. The van der Waals surface area contributed by atoms with Crippen LogP contribution in [-0.2, 0) is 19.4 Å². The standard InChI is InChI=1S/C21H19N5O3/c27-21-19-15(5-8-23-21)20(24-11-13-3-6-22-7-4-13)26-18(25-19)10-14-1-2-16-17(9-14)29-12-28-16/h1-4,6-7,9H,5,8,10-12H2,(H,23,27)(H,24,25,26). The monoisotopic (exact) mass is 389 g/mol. The van der Waals surface area contributed by atoms with Crippen molar-refractivity contribution >= 4 is 11.7 Å². The Morgan fingerprint density at radius 3 is 2.79 bits per heavy atom. The van der Waals surface area contributed by atoms with E-state index in [1.54, 1.807) is 12.4 Å². The summed E-state index contributed by atoms with van der Waals surface area (Å²) in [5.74, 6) is 2.58. The van der Waals surface area contributed by atoms with Gasteiger partial charge in [0, 0.05) is 37.5 Å². The van der Waals surface area contributed by atoms with Crippen molar-refractivity contribution < 1.29 is 14.3 Å². The lowest BCUT2D eigenvalue weighted by atomic mass is 10.1. The summed E-state index contributed by atoms with van der Waals surface area (Å²) in [6.45, 7) is 1.41. The Morgan fingerprint density at radius 1 is 1.03 bits per heavy atom. The molecule has 0 unspecified atom stereocenters. The van der Waals surface area contributed by atoms with Gasteiger partial charge in [-0.1, -0.05) is 6.07 Å². The maximum absolute atomic E-state index is 12.4. The normalized spacial score (nSPS) is 14.3. The van der Waals surface area contributed by atoms with Crippen LogP contribution in [0.2, 0.25) is 0 Å². The first-order valence-electron chi connectivity index (χ1n) is 9.45. The number of benzene rings is 1. The van der Waals surface area contributed by atoms with E-state index in [-0.39, 0.29) is 12.7 Å². The molecular weight excluding hydrogens is 370 g/mol. The van der Waals surface area contributed by atoms with Crippen LogP contribution in [-0.4, -0.2) is 34.2 Å². The summed E-state index contributed by atoms with van der Waals surface area (Å²) in [5, 5.41) is 6.24. The second-order valence-corrected chi connectivity index (χ2v) is 6.89. The van der Waals surface area contributed by atoms with Crippen LogP contribution >= 0.6 is 0 Å². The lowest BCUT2D eigenvalue weighted by Gasteiger charge is -2.20. The summed E-state index contributed by atoms with van der Waals surface area (Å²) in [4.78, 5) is 25.7. The van der Waals surface area contributed by atoms with Gasteiger partial charge in [-0.3, -0.25) is 9.78 Å². The first kappa shape index (κ1) is 17.4. The molecule has 0 fully saturated rings. The molecule has 4 heterocycles. The molecule has 0 aliphatic carbocycles. The molecule has 2 N–H and O–H groups in total. The SMILES string of the molecule is O=C1NCCc2c(NCc3ccncc3)nc(Cc3ccc4c(c3)OCO4)nc21. The quantitative estimate of drug-likeness (QED) is 0.689. The lowest BCUT2D eigenvalue weighted by Crippen LogP contribution is -2.34. The minimum atomic E-state index is -0.160. The fraction of sp³-hybridized carbons (Fsp3) is 0.238. The largest absolute Gasteiger partial charge is 0.454 e. The van der Waals surface area contributed by atoms with Crippen LogP contribution in [0.25, 0.3) is 0 Å². The first-order chi connectivity index (χ1) is 14.3. The highest BCUT2D eigenvalue weighted by atomic mass is 16.7. The molecule has 2 aromatic heterocycles. The molecular formula is C21H19N5O3. The topological polar surface area (TPSA) is 98.3 Å². The van der Waals surface area contributed by atoms with Gasteiger partial charge in [-0.05, 0) is 41.8 Å². The van der Waals surface area contributed by atoms with E-state index in [0.717, 1.165) is 22.4 Å². The van der Waals surface area contributed by atoms with Gasteiger partial charge in [0.2, 0.25) is 6.79 Å². The summed E-state index contributed by atoms with van der Waals surface area (Å²) in [6.07, 6.45) is 4.70. The van der Waals surface area contributed by atoms with Crippen molar-refractivity contribution in [3.63, 3.8) is 0 Å². The van der Waals surface area contributed by atoms with E-state index in [1.165, 1.54) is 0 Å². The second-order valence-electron chi connectivity index (χ2n) is 6.89. The first-order valence-corrected chi connectivity index (χ1v) is 9.45. The predicted octanol–water partition coefficient (Wildman–Crippen LogP) is 2.09. The molecule has 3 aromatic rings. The van der Waals surface area contributed by atoms with Crippen LogP contribution in [0.15, 0.2) is 42.7 Å². The van der Waals surface area contributed by atoms with Gasteiger partial charge in [0.25, 0.3) is 5.91 Å². The Hall–Kier alpha value is -3.68. The highest BCUT2D eigenvalue weighted by Crippen LogP contribution is 2.33. The molecule has 0 atom stereocenters. The number of hydrogen-bond acceptors (Lipinski definition) is 7. The number of carbonyl (C=O) groups excluding carboxylic acids is 1. The van der Waals surface area contributed by atoms with Crippen molar-refractivity contribution in [1.29, 1.82) is 0 Å². The zero-order chi connectivity index (χ0) is 19.6. The Morgan fingerprint density at radius 2 is 1.90 bits per heavy atom. The van der Waals surface area contributed by atoms with Gasteiger partial charge < -0.3 is 20.1 Å². The highest BCUT2D eigenvalue weighted by molar-refractivity contribution is 5.96. The van der Waals surface area contributed by atoms with E-state index in [2.05, 4.69) is 20.6 Å². The van der Waals surface area contributed by atoms with Crippen molar-refractivity contribution in [2.24, 2.45) is 0 Å². The van der Waals surface area contributed by atoms with E-state index >= 15 is 0 Å². The number of hydrogen-bond donors (Lipinski definition) is 2. The number of anilines is 1. The Kier molecular flexibility index (Phi) is 4.44. The van der Waals surface area contributed by atoms with Gasteiger partial charge >= 0.3 is 0 Å². The molecule has 0 saturated heterocycles. The average Bonchev–Trinajstić information content (AvgIpc) is 3.21. The lowest BCUT2D eigenvalue weighted by molar-refractivity contribution is 0.0940. The van der Waals surface area contributed by atoms with Crippen LogP contribution in [0.1, 0.15) is 33.0 Å². The van der Waals surface area contributed by atoms with Crippen LogP contribution in [0, 0.1) is 0 Å². The van der Waals surface area contributed by atoms with Crippen LogP contribution < -0.4 is 20.1 Å². The molecule has 8 heteroatoms. The van der Waals surface area contributed by atoms with E-state index in [1.807, 2.05) is 30.3 Å². The molecule has 0 saturated carbocycles. The van der Waals surface area contributed by atoms with Crippen LogP contribution in [0.3, 0.4) is 0 Å². The Bertz CT molecular complexity index is 1070. The molecule has 8 nitrogen and oxygen atoms in total. The molecule has 1 amide bonds. The van der Waals surface area contributed by atoms with Crippen molar-refractivity contribution in [1.82, 2.24) is 20.3 Å². The van der Waals surface area contributed by atoms with Crippen molar-refractivity contribution in [3.05, 3.63) is 70.9 Å². The van der Waals surface area contributed by atoms with Crippen molar-refractivity contribution in [2.45, 2.75) is 19.4 Å². The molecule has 2 aliphatic heterocycles. The number of fused-ring (bicyclic) bond motifs is 2. The number of carbonyl (C=O) groups is 1. The third kappa shape index (κ3) is 3.56. The molecule has 146 valence electrons. The maximum Gasteiger partial charge on any atom is 0.270 e. The van der Waals surface area contributed by atoms with E-state index in [4.69, 9.17) is 14.5 Å². The molecule has 5 rings (SSSR count). The Balaban J connectivity index is 1.45. The van der Waals surface area contributed by atoms with Gasteiger partial charge in [0.1, 0.15) is 17.3 Å². The number of amides is 1. The zero-order valence-electron chi connectivity index (χ0n) is 15.6. The van der Waals surface area contributed by atoms with Gasteiger partial charge in [0.15, 0.2) is 11.5 Å². The van der Waals surface area contributed by atoms with Gasteiger partial charge in [-0.25, -0.2) is 9.97 Å². The molecule has 29 heavy (non-hydrogen) atoms. The summed E-state index contributed by atoms with van der Waals surface area (Å²) in [6, 6.07) is 9.66. The molecule has 0 spiro atoms. The zero-order valence-corrected chi connectivity index (χ0v) is 15.6. The number of nitrogens with one attached hydrogen (secondary N) is 2. The average molecular weight is 389 g/mol. The van der Waals surface area contributed by atoms with E-state index < -0.39 is 0 Å². The van der Waals surface area contributed by atoms with Gasteiger partial charge in [0.05, 0.1) is 0 Å². The molecule has 1 aromatic carbocycles. The number of nitrogens with zero attached hydrogens (tertiary/aromatic N) is 3. The van der Waals surface area contributed by atoms with E-state index in [9.17, 15) is 4.79 Å². The summed E-state index contributed by atoms with van der Waals surface area (Å²) >= 11 is 0. The third-order valence-corrected chi connectivity index (χ3v) is 4.94. The summed E-state index contributed by atoms with van der Waals surface area (Å²) in [5.41, 5.74) is 3.38. The van der Waals surface area contributed by atoms with Gasteiger partial charge in [-0.2, -0.15) is 0 Å². The van der Waals surface area contributed by atoms with E-state index in [0.29, 0.717) is 49.0 Å². The maximum atomic E-state index is 12.4. The summed E-state index contributed by atoms with van der Waals surface area (Å²) in [7, 11) is 0. The minimum Gasteiger partial charge on any atom is -0.454 e. The van der Waals surface area contributed by atoms with Gasteiger partial charge in [-0.15, -0.1) is 0 Å². The minimum absolute atomic E-state index is 0.160. The fourth-order valence-corrected chi connectivity index (χ4v) is 3.48. The van der Waals surface area contributed by atoms with Crippen LogP contribution in [0.5, 0.6) is 11.5 Å². The molecule has 0 bridgehead atoms. The van der Waals surface area contributed by atoms with Crippen LogP contribution in [0.4, 0.5) is 5.82 Å². The van der Waals surface area contributed by atoms with Crippen molar-refractivity contribution in [2.75, 3.05) is 18.7 Å².